The predicted molar refractivity (Wildman–Crippen MR) is 72.4 cm³/mol. The standard InChI is InChI=1S/C11H15NO7S2/c1-7-10(5-9(19-7)11(13)14)21(17,18)12-8-3-2-4-20(15,16)6-8/h5,8,12H,2-4,6H2,1H3,(H,13,14). The largest absolute Gasteiger partial charge is 0.475 e. The van der Waals surface area contributed by atoms with Gasteiger partial charge in [0.1, 0.15) is 10.7 Å². The molecule has 2 N–H and O–H groups in total. The van der Waals surface area contributed by atoms with E-state index in [1.165, 1.54) is 6.92 Å². The van der Waals surface area contributed by atoms with E-state index in [0.717, 1.165) is 6.07 Å². The first-order chi connectivity index (χ1) is 9.61. The van der Waals surface area contributed by atoms with Gasteiger partial charge in [-0.15, -0.1) is 0 Å². The number of carbonyl (C=O) groups is 1. The average molecular weight is 337 g/mol. The Morgan fingerprint density at radius 2 is 2.14 bits per heavy atom. The van der Waals surface area contributed by atoms with E-state index in [4.69, 9.17) is 9.52 Å². The van der Waals surface area contributed by atoms with E-state index >= 15 is 0 Å². The molecule has 1 aliphatic rings. The van der Waals surface area contributed by atoms with Gasteiger partial charge in [-0.2, -0.15) is 0 Å². The monoisotopic (exact) mass is 337 g/mol. The summed E-state index contributed by atoms with van der Waals surface area (Å²) in [5.74, 6) is -2.11. The van der Waals surface area contributed by atoms with Crippen LogP contribution in [0.2, 0.25) is 0 Å². The number of aryl methyl sites for hydroxylation is 1. The molecule has 2 rings (SSSR count). The molecule has 10 heteroatoms. The van der Waals surface area contributed by atoms with E-state index in [-0.39, 0.29) is 22.2 Å². The lowest BCUT2D eigenvalue weighted by Gasteiger charge is -2.22. The van der Waals surface area contributed by atoms with Gasteiger partial charge in [0.15, 0.2) is 9.84 Å². The Hall–Kier alpha value is -1.39. The summed E-state index contributed by atoms with van der Waals surface area (Å²) in [6.07, 6.45) is 0.807. The minimum absolute atomic E-state index is 0.0547. The van der Waals surface area contributed by atoms with Crippen molar-refractivity contribution in [3.63, 3.8) is 0 Å². The molecule has 0 amide bonds. The van der Waals surface area contributed by atoms with Gasteiger partial charge in [-0.25, -0.2) is 26.4 Å². The normalized spacial score (nSPS) is 22.0. The van der Waals surface area contributed by atoms with E-state index in [1.54, 1.807) is 0 Å². The Labute approximate surface area is 122 Å². The lowest BCUT2D eigenvalue weighted by molar-refractivity contribution is 0.0661. The van der Waals surface area contributed by atoms with Gasteiger partial charge in [0, 0.05) is 12.1 Å². The number of hydrogen-bond acceptors (Lipinski definition) is 6. The Balaban J connectivity index is 2.24. The van der Waals surface area contributed by atoms with Crippen LogP contribution in [-0.4, -0.2) is 45.5 Å². The summed E-state index contributed by atoms with van der Waals surface area (Å²) in [5.41, 5.74) is 0. The minimum Gasteiger partial charge on any atom is -0.475 e. The SMILES string of the molecule is Cc1oc(C(=O)O)cc1S(=O)(=O)NC1CCCS(=O)(=O)C1. The van der Waals surface area contributed by atoms with E-state index in [1.807, 2.05) is 0 Å². The highest BCUT2D eigenvalue weighted by atomic mass is 32.2. The topological polar surface area (TPSA) is 131 Å². The number of sulfone groups is 1. The summed E-state index contributed by atoms with van der Waals surface area (Å²) < 4.78 is 54.6. The van der Waals surface area contributed by atoms with Crippen molar-refractivity contribution in [2.24, 2.45) is 0 Å². The van der Waals surface area contributed by atoms with Gasteiger partial charge in [0.25, 0.3) is 0 Å². The van der Waals surface area contributed by atoms with Crippen LogP contribution in [0.1, 0.15) is 29.2 Å². The molecule has 1 atom stereocenters. The van der Waals surface area contributed by atoms with Crippen LogP contribution in [0.5, 0.6) is 0 Å². The van der Waals surface area contributed by atoms with Gasteiger partial charge in [-0.1, -0.05) is 0 Å². The smallest absolute Gasteiger partial charge is 0.371 e. The number of hydrogen-bond donors (Lipinski definition) is 2. The Bertz CT molecular complexity index is 760. The summed E-state index contributed by atoms with van der Waals surface area (Å²) in [5, 5.41) is 8.79. The molecule has 0 radical (unpaired) electrons. The lowest BCUT2D eigenvalue weighted by atomic mass is 10.2. The van der Waals surface area contributed by atoms with Gasteiger partial charge in [0.05, 0.1) is 11.5 Å². The maximum atomic E-state index is 12.2. The van der Waals surface area contributed by atoms with E-state index in [9.17, 15) is 21.6 Å². The fourth-order valence-electron chi connectivity index (χ4n) is 2.24. The van der Waals surface area contributed by atoms with Gasteiger partial charge >= 0.3 is 5.97 Å². The first-order valence-electron chi connectivity index (χ1n) is 6.17. The maximum Gasteiger partial charge on any atom is 0.371 e. The number of furan rings is 1. The molecule has 0 bridgehead atoms. The summed E-state index contributed by atoms with van der Waals surface area (Å²) in [6.45, 7) is 1.33. The third-order valence-electron chi connectivity index (χ3n) is 3.16. The summed E-state index contributed by atoms with van der Waals surface area (Å²) >= 11 is 0. The van der Waals surface area contributed by atoms with Crippen molar-refractivity contribution in [3.05, 3.63) is 17.6 Å². The molecule has 1 fully saturated rings. The second kappa shape index (κ2) is 5.43. The molecule has 2 heterocycles. The van der Waals surface area contributed by atoms with Crippen LogP contribution in [0.4, 0.5) is 0 Å². The van der Waals surface area contributed by atoms with Crippen LogP contribution in [-0.2, 0) is 19.9 Å². The van der Waals surface area contributed by atoms with Crippen molar-refractivity contribution in [2.75, 3.05) is 11.5 Å². The molecular formula is C11H15NO7S2. The predicted octanol–water partition coefficient (Wildman–Crippen LogP) is 0.142. The Morgan fingerprint density at radius 1 is 1.48 bits per heavy atom. The zero-order valence-electron chi connectivity index (χ0n) is 11.2. The molecule has 1 saturated heterocycles. The second-order valence-electron chi connectivity index (χ2n) is 4.91. The third-order valence-corrected chi connectivity index (χ3v) is 6.61. The number of aromatic carboxylic acids is 1. The molecular weight excluding hydrogens is 322 g/mol. The quantitative estimate of drug-likeness (QED) is 0.799. The van der Waals surface area contributed by atoms with Crippen molar-refractivity contribution in [1.82, 2.24) is 4.72 Å². The number of sulfonamides is 1. The van der Waals surface area contributed by atoms with Crippen LogP contribution in [0.3, 0.4) is 0 Å². The van der Waals surface area contributed by atoms with Gasteiger partial charge in [-0.3, -0.25) is 0 Å². The average Bonchev–Trinajstić information content (AvgIpc) is 2.70. The Kier molecular flexibility index (Phi) is 4.13. The molecule has 1 unspecified atom stereocenters. The number of carboxylic acids is 1. The van der Waals surface area contributed by atoms with Gasteiger partial charge < -0.3 is 9.52 Å². The van der Waals surface area contributed by atoms with Crippen LogP contribution in [0.25, 0.3) is 0 Å². The zero-order chi connectivity index (χ0) is 15.8. The molecule has 0 spiro atoms. The molecule has 1 aromatic heterocycles. The highest BCUT2D eigenvalue weighted by molar-refractivity contribution is 7.91. The first-order valence-corrected chi connectivity index (χ1v) is 9.48. The van der Waals surface area contributed by atoms with Crippen LogP contribution >= 0.6 is 0 Å². The van der Waals surface area contributed by atoms with E-state index in [0.29, 0.717) is 12.8 Å². The molecule has 21 heavy (non-hydrogen) atoms. The maximum absolute atomic E-state index is 12.2. The lowest BCUT2D eigenvalue weighted by Crippen LogP contribution is -2.43. The van der Waals surface area contributed by atoms with Crippen molar-refractivity contribution in [3.8, 4) is 0 Å². The minimum atomic E-state index is -4.02. The molecule has 118 valence electrons. The van der Waals surface area contributed by atoms with Crippen molar-refractivity contribution in [2.45, 2.75) is 30.7 Å². The van der Waals surface area contributed by atoms with Crippen LogP contribution < -0.4 is 4.72 Å². The summed E-state index contributed by atoms with van der Waals surface area (Å²) in [4.78, 5) is 10.5. The highest BCUT2D eigenvalue weighted by Crippen LogP contribution is 2.22. The van der Waals surface area contributed by atoms with Gasteiger partial charge in [-0.05, 0) is 19.8 Å². The molecule has 1 aliphatic heterocycles. The zero-order valence-corrected chi connectivity index (χ0v) is 12.8. The van der Waals surface area contributed by atoms with Crippen molar-refractivity contribution < 1.29 is 31.2 Å². The fraction of sp³-hybridized carbons (Fsp3) is 0.545. The molecule has 0 aliphatic carbocycles. The van der Waals surface area contributed by atoms with E-state index in [2.05, 4.69) is 4.72 Å². The van der Waals surface area contributed by atoms with E-state index < -0.39 is 37.6 Å². The molecule has 8 nitrogen and oxygen atoms in total. The molecule has 0 aromatic carbocycles. The third kappa shape index (κ3) is 3.63. The number of rotatable bonds is 4. The summed E-state index contributed by atoms with van der Waals surface area (Å²) in [6, 6.07) is 0.202. The van der Waals surface area contributed by atoms with Gasteiger partial charge in [0.2, 0.25) is 15.8 Å². The number of carboxylic acid groups (broad SMARTS) is 1. The number of nitrogens with one attached hydrogen (secondary N) is 1. The second-order valence-corrected chi connectivity index (χ2v) is 8.82. The highest BCUT2D eigenvalue weighted by Gasteiger charge is 2.31. The van der Waals surface area contributed by atoms with Crippen LogP contribution in [0, 0.1) is 6.92 Å². The molecule has 0 saturated carbocycles. The van der Waals surface area contributed by atoms with Crippen molar-refractivity contribution >= 4 is 25.8 Å². The van der Waals surface area contributed by atoms with Crippen LogP contribution in [0.15, 0.2) is 15.4 Å². The fourth-order valence-corrected chi connectivity index (χ4v) is 5.43. The van der Waals surface area contributed by atoms with Crippen molar-refractivity contribution in [1.29, 1.82) is 0 Å². The summed E-state index contributed by atoms with van der Waals surface area (Å²) in [7, 11) is -7.27. The molecule has 1 aromatic rings. The Morgan fingerprint density at radius 3 is 2.67 bits per heavy atom. The first kappa shape index (κ1) is 16.0.